The summed E-state index contributed by atoms with van der Waals surface area (Å²) in [5.74, 6) is 3.84. The average Bonchev–Trinajstić information content (AvgIpc) is 2.93. The van der Waals surface area contributed by atoms with E-state index in [2.05, 4.69) is 40.7 Å². The third kappa shape index (κ3) is 2.25. The van der Waals surface area contributed by atoms with Gasteiger partial charge in [0.25, 0.3) is 0 Å². The lowest BCUT2D eigenvalue weighted by atomic mass is 9.95. The van der Waals surface area contributed by atoms with Crippen LogP contribution in [0.15, 0.2) is 10.6 Å². The van der Waals surface area contributed by atoms with Crippen LogP contribution in [0.3, 0.4) is 0 Å². The molecule has 0 aliphatic carbocycles. The summed E-state index contributed by atoms with van der Waals surface area (Å²) in [5.41, 5.74) is 0.875. The van der Waals surface area contributed by atoms with Gasteiger partial charge in [-0.25, -0.2) is 0 Å². The smallest absolute Gasteiger partial charge is 0.204 e. The number of hydrogen-bond acceptors (Lipinski definition) is 4. The van der Waals surface area contributed by atoms with Gasteiger partial charge in [0.2, 0.25) is 11.6 Å². The Bertz CT molecular complexity index is 599. The van der Waals surface area contributed by atoms with E-state index in [0.29, 0.717) is 17.9 Å². The van der Waals surface area contributed by atoms with E-state index >= 15 is 0 Å². The van der Waals surface area contributed by atoms with E-state index in [4.69, 9.17) is 4.52 Å². The predicted octanol–water partition coefficient (Wildman–Crippen LogP) is 3.41. The van der Waals surface area contributed by atoms with Gasteiger partial charge in [0.05, 0.1) is 5.69 Å². The maximum absolute atomic E-state index is 5.40. The summed E-state index contributed by atoms with van der Waals surface area (Å²) in [4.78, 5) is 0. The zero-order valence-corrected chi connectivity index (χ0v) is 12.6. The normalized spacial score (nSPS) is 22.9. The molecule has 1 aliphatic rings. The van der Waals surface area contributed by atoms with Crippen molar-refractivity contribution in [1.82, 2.24) is 19.9 Å². The molecule has 0 saturated carbocycles. The Hall–Kier alpha value is -1.65. The van der Waals surface area contributed by atoms with Gasteiger partial charge in [0.15, 0.2) is 0 Å². The van der Waals surface area contributed by atoms with Crippen LogP contribution in [0.1, 0.15) is 51.2 Å². The zero-order valence-electron chi connectivity index (χ0n) is 12.6. The molecule has 2 aromatic rings. The lowest BCUT2D eigenvalue weighted by molar-refractivity contribution is 0.340. The highest BCUT2D eigenvalue weighted by molar-refractivity contribution is 5.47. The molecule has 0 fully saturated rings. The monoisotopic (exact) mass is 274 g/mol. The van der Waals surface area contributed by atoms with Crippen LogP contribution in [0.2, 0.25) is 0 Å². The third-order valence-corrected chi connectivity index (χ3v) is 4.20. The number of fused-ring (bicyclic) bond motifs is 1. The van der Waals surface area contributed by atoms with Crippen LogP contribution in [-0.2, 0) is 6.42 Å². The first kappa shape index (κ1) is 13.3. The molecular weight excluding hydrogens is 252 g/mol. The molecule has 1 aliphatic heterocycles. The zero-order chi connectivity index (χ0) is 14.3. The van der Waals surface area contributed by atoms with Crippen molar-refractivity contribution in [3.63, 3.8) is 0 Å². The second-order valence-corrected chi connectivity index (χ2v) is 6.34. The number of hydrogen-bond donors (Lipinski definition) is 0. The second-order valence-electron chi connectivity index (χ2n) is 6.34. The molecule has 0 aromatic carbocycles. The molecule has 0 spiro atoms. The molecule has 3 rings (SSSR count). The topological polar surface area (TPSA) is 56.7 Å². The van der Waals surface area contributed by atoms with Crippen molar-refractivity contribution >= 4 is 0 Å². The van der Waals surface area contributed by atoms with Crippen LogP contribution in [0, 0.1) is 18.8 Å². The molecule has 0 amide bonds. The molecule has 0 unspecified atom stereocenters. The quantitative estimate of drug-likeness (QED) is 0.842. The number of aromatic nitrogens is 4. The molecule has 108 valence electrons. The fourth-order valence-corrected chi connectivity index (χ4v) is 3.08. The van der Waals surface area contributed by atoms with Crippen LogP contribution in [0.25, 0.3) is 11.6 Å². The fraction of sp³-hybridized carbons (Fsp3) is 0.667. The SMILES string of the molecule is Cc1cc(-c2nnc3n2[C@H](C(C)C)CC[C@@H](C)C3)on1. The first-order valence-electron chi connectivity index (χ1n) is 7.43. The van der Waals surface area contributed by atoms with Crippen molar-refractivity contribution in [1.29, 1.82) is 0 Å². The molecule has 0 N–H and O–H groups in total. The summed E-state index contributed by atoms with van der Waals surface area (Å²) in [6.45, 7) is 8.74. The highest BCUT2D eigenvalue weighted by atomic mass is 16.5. The average molecular weight is 274 g/mol. The first-order chi connectivity index (χ1) is 9.56. The Balaban J connectivity index is 2.10. The summed E-state index contributed by atoms with van der Waals surface area (Å²) in [5, 5.41) is 12.8. The van der Waals surface area contributed by atoms with Crippen LogP contribution in [0.4, 0.5) is 0 Å². The van der Waals surface area contributed by atoms with Crippen LogP contribution >= 0.6 is 0 Å². The third-order valence-electron chi connectivity index (χ3n) is 4.20. The summed E-state index contributed by atoms with van der Waals surface area (Å²) in [7, 11) is 0. The molecular formula is C15H22N4O. The van der Waals surface area contributed by atoms with Gasteiger partial charge in [0.1, 0.15) is 5.82 Å². The molecule has 2 atom stereocenters. The molecule has 5 heteroatoms. The maximum atomic E-state index is 5.40. The summed E-state index contributed by atoms with van der Waals surface area (Å²) in [6, 6.07) is 2.37. The van der Waals surface area contributed by atoms with Gasteiger partial charge in [-0.3, -0.25) is 0 Å². The van der Waals surface area contributed by atoms with E-state index < -0.39 is 0 Å². The molecule has 0 radical (unpaired) electrons. The highest BCUT2D eigenvalue weighted by Crippen LogP contribution is 2.35. The lowest BCUT2D eigenvalue weighted by Crippen LogP contribution is -2.17. The van der Waals surface area contributed by atoms with E-state index in [9.17, 15) is 0 Å². The largest absolute Gasteiger partial charge is 0.353 e. The Morgan fingerprint density at radius 3 is 2.75 bits per heavy atom. The van der Waals surface area contributed by atoms with Gasteiger partial charge in [-0.2, -0.15) is 0 Å². The van der Waals surface area contributed by atoms with Crippen molar-refractivity contribution < 1.29 is 4.52 Å². The van der Waals surface area contributed by atoms with Crippen molar-refractivity contribution in [2.24, 2.45) is 11.8 Å². The fourth-order valence-electron chi connectivity index (χ4n) is 3.08. The predicted molar refractivity (Wildman–Crippen MR) is 76.2 cm³/mol. The van der Waals surface area contributed by atoms with E-state index in [0.717, 1.165) is 29.5 Å². The summed E-state index contributed by atoms with van der Waals surface area (Å²) in [6.07, 6.45) is 3.40. The Kier molecular flexibility index (Phi) is 3.36. The van der Waals surface area contributed by atoms with E-state index in [-0.39, 0.29) is 0 Å². The Morgan fingerprint density at radius 2 is 2.10 bits per heavy atom. The van der Waals surface area contributed by atoms with Gasteiger partial charge < -0.3 is 9.09 Å². The van der Waals surface area contributed by atoms with Crippen molar-refractivity contribution in [2.45, 2.75) is 53.0 Å². The first-order valence-corrected chi connectivity index (χ1v) is 7.43. The minimum atomic E-state index is 0.436. The molecule has 5 nitrogen and oxygen atoms in total. The van der Waals surface area contributed by atoms with E-state index in [1.54, 1.807) is 0 Å². The van der Waals surface area contributed by atoms with Crippen LogP contribution < -0.4 is 0 Å². The Labute approximate surface area is 119 Å². The van der Waals surface area contributed by atoms with Gasteiger partial charge >= 0.3 is 0 Å². The highest BCUT2D eigenvalue weighted by Gasteiger charge is 2.29. The summed E-state index contributed by atoms with van der Waals surface area (Å²) >= 11 is 0. The van der Waals surface area contributed by atoms with Gasteiger partial charge in [0, 0.05) is 18.5 Å². The number of rotatable bonds is 2. The standard InChI is InChI=1S/C15H22N4O/c1-9(2)12-6-5-10(3)7-14-16-17-15(19(12)14)13-8-11(4)18-20-13/h8-10,12H,5-7H2,1-4H3/t10-,12+/m1/s1. The van der Waals surface area contributed by atoms with Gasteiger partial charge in [-0.05, 0) is 31.6 Å². The molecule has 20 heavy (non-hydrogen) atoms. The maximum Gasteiger partial charge on any atom is 0.204 e. The molecule has 2 aromatic heterocycles. The van der Waals surface area contributed by atoms with Gasteiger partial charge in [-0.15, -0.1) is 10.2 Å². The number of nitrogens with zero attached hydrogens (tertiary/aromatic N) is 4. The minimum absolute atomic E-state index is 0.436. The van der Waals surface area contributed by atoms with Crippen molar-refractivity contribution in [2.75, 3.05) is 0 Å². The lowest BCUT2D eigenvalue weighted by Gasteiger charge is -2.23. The molecule has 3 heterocycles. The van der Waals surface area contributed by atoms with Gasteiger partial charge in [-0.1, -0.05) is 25.9 Å². The second kappa shape index (κ2) is 5.04. The van der Waals surface area contributed by atoms with Crippen LogP contribution in [0.5, 0.6) is 0 Å². The van der Waals surface area contributed by atoms with Crippen LogP contribution in [-0.4, -0.2) is 19.9 Å². The summed E-state index contributed by atoms with van der Waals surface area (Å²) < 4.78 is 7.68. The van der Waals surface area contributed by atoms with Crippen molar-refractivity contribution in [3.8, 4) is 11.6 Å². The minimum Gasteiger partial charge on any atom is -0.353 e. The van der Waals surface area contributed by atoms with Crippen molar-refractivity contribution in [3.05, 3.63) is 17.6 Å². The van der Waals surface area contributed by atoms with E-state index in [1.807, 2.05) is 13.0 Å². The molecule has 0 bridgehead atoms. The van der Waals surface area contributed by atoms with E-state index in [1.165, 1.54) is 12.8 Å². The molecule has 0 saturated heterocycles. The Morgan fingerprint density at radius 1 is 1.30 bits per heavy atom. The number of aryl methyl sites for hydroxylation is 1.